The molecule has 1 fully saturated rings. The lowest BCUT2D eigenvalue weighted by molar-refractivity contribution is 0.00506. The Kier molecular flexibility index (Phi) is 7.81. The average Bonchev–Trinajstić information content (AvgIpc) is 2.34. The molecule has 1 aliphatic heterocycles. The Labute approximate surface area is 101 Å². The zero-order valence-electron chi connectivity index (χ0n) is 11.0. The van der Waals surface area contributed by atoms with Gasteiger partial charge in [0.1, 0.15) is 0 Å². The third kappa shape index (κ3) is 5.83. The first-order valence-electron chi connectivity index (χ1n) is 6.91. The third-order valence-corrected chi connectivity index (χ3v) is 3.12. The van der Waals surface area contributed by atoms with Gasteiger partial charge in [-0.05, 0) is 25.9 Å². The van der Waals surface area contributed by atoms with Crippen LogP contribution in [0.5, 0.6) is 0 Å². The highest BCUT2D eigenvalue weighted by Gasteiger charge is 2.16. The average molecular weight is 228 g/mol. The molecule has 96 valence electrons. The van der Waals surface area contributed by atoms with Gasteiger partial charge < -0.3 is 15.0 Å². The molecule has 0 aromatic rings. The molecule has 1 N–H and O–H groups in total. The van der Waals surface area contributed by atoms with E-state index in [0.29, 0.717) is 6.10 Å². The van der Waals surface area contributed by atoms with Gasteiger partial charge in [-0.15, -0.1) is 0 Å². The maximum Gasteiger partial charge on any atom is 0.0826 e. The van der Waals surface area contributed by atoms with Crippen LogP contribution >= 0.6 is 0 Å². The van der Waals surface area contributed by atoms with Crippen molar-refractivity contribution >= 4 is 0 Å². The van der Waals surface area contributed by atoms with E-state index in [-0.39, 0.29) is 0 Å². The van der Waals surface area contributed by atoms with Crippen molar-refractivity contribution in [2.24, 2.45) is 0 Å². The van der Waals surface area contributed by atoms with Crippen molar-refractivity contribution in [1.82, 2.24) is 10.2 Å². The monoisotopic (exact) mass is 228 g/mol. The van der Waals surface area contributed by atoms with Crippen LogP contribution in [0.15, 0.2) is 0 Å². The summed E-state index contributed by atoms with van der Waals surface area (Å²) in [6.07, 6.45) is 5.59. The number of hydrogen-bond donors (Lipinski definition) is 1. The molecule has 1 rings (SSSR count). The Morgan fingerprint density at radius 1 is 1.19 bits per heavy atom. The first-order valence-corrected chi connectivity index (χ1v) is 6.91. The van der Waals surface area contributed by atoms with Crippen molar-refractivity contribution in [3.63, 3.8) is 0 Å². The second-order valence-corrected chi connectivity index (χ2v) is 4.70. The molecule has 1 heterocycles. The Morgan fingerprint density at radius 2 is 1.88 bits per heavy atom. The molecule has 16 heavy (non-hydrogen) atoms. The summed E-state index contributed by atoms with van der Waals surface area (Å²) in [5, 5.41) is 3.40. The second-order valence-electron chi connectivity index (χ2n) is 4.70. The topological polar surface area (TPSA) is 24.5 Å². The van der Waals surface area contributed by atoms with Crippen molar-refractivity contribution < 1.29 is 4.74 Å². The maximum atomic E-state index is 5.76. The number of ether oxygens (including phenoxy) is 1. The van der Waals surface area contributed by atoms with Crippen LogP contribution in [0.1, 0.15) is 39.5 Å². The summed E-state index contributed by atoms with van der Waals surface area (Å²) in [6, 6.07) is 0. The highest BCUT2D eigenvalue weighted by atomic mass is 16.5. The van der Waals surface area contributed by atoms with Crippen molar-refractivity contribution in [3.8, 4) is 0 Å². The fourth-order valence-electron chi connectivity index (χ4n) is 2.08. The minimum absolute atomic E-state index is 0.405. The molecule has 0 aromatic carbocycles. The molecule has 0 aromatic heterocycles. The van der Waals surface area contributed by atoms with Crippen molar-refractivity contribution in [2.45, 2.75) is 45.6 Å². The van der Waals surface area contributed by atoms with E-state index in [9.17, 15) is 0 Å². The van der Waals surface area contributed by atoms with Gasteiger partial charge >= 0.3 is 0 Å². The van der Waals surface area contributed by atoms with E-state index in [1.54, 1.807) is 0 Å². The molecule has 0 saturated carbocycles. The molecule has 1 atom stereocenters. The number of nitrogens with zero attached hydrogens (tertiary/aromatic N) is 1. The molecule has 0 radical (unpaired) electrons. The number of hydrogen-bond acceptors (Lipinski definition) is 3. The highest BCUT2D eigenvalue weighted by molar-refractivity contribution is 4.72. The van der Waals surface area contributed by atoms with Crippen LogP contribution in [0, 0.1) is 0 Å². The Balaban J connectivity index is 2.23. The molecule has 1 saturated heterocycles. The SMILES string of the molecule is CCCCN(CCCC)CC1CNCCO1. The van der Waals surface area contributed by atoms with Crippen LogP contribution in [0.4, 0.5) is 0 Å². The summed E-state index contributed by atoms with van der Waals surface area (Å²) in [5.41, 5.74) is 0. The van der Waals surface area contributed by atoms with Gasteiger partial charge in [-0.3, -0.25) is 0 Å². The molecule has 0 aliphatic carbocycles. The zero-order chi connectivity index (χ0) is 11.6. The summed E-state index contributed by atoms with van der Waals surface area (Å²) in [4.78, 5) is 2.57. The van der Waals surface area contributed by atoms with Crippen molar-refractivity contribution in [3.05, 3.63) is 0 Å². The predicted molar refractivity (Wildman–Crippen MR) is 68.9 cm³/mol. The van der Waals surface area contributed by atoms with E-state index in [4.69, 9.17) is 4.74 Å². The fraction of sp³-hybridized carbons (Fsp3) is 1.00. The largest absolute Gasteiger partial charge is 0.374 e. The highest BCUT2D eigenvalue weighted by Crippen LogP contribution is 2.04. The lowest BCUT2D eigenvalue weighted by Crippen LogP contribution is -2.45. The van der Waals surface area contributed by atoms with Gasteiger partial charge in [0.15, 0.2) is 0 Å². The first kappa shape index (κ1) is 13.9. The van der Waals surface area contributed by atoms with E-state index < -0.39 is 0 Å². The van der Waals surface area contributed by atoms with E-state index in [1.807, 2.05) is 0 Å². The van der Waals surface area contributed by atoms with Crippen LogP contribution in [0.25, 0.3) is 0 Å². The minimum atomic E-state index is 0.405. The number of rotatable bonds is 8. The Bertz CT molecular complexity index is 150. The van der Waals surface area contributed by atoms with Crippen LogP contribution in [0.2, 0.25) is 0 Å². The van der Waals surface area contributed by atoms with Crippen LogP contribution in [-0.4, -0.2) is 50.3 Å². The van der Waals surface area contributed by atoms with Crippen LogP contribution in [-0.2, 0) is 4.74 Å². The quantitative estimate of drug-likeness (QED) is 0.686. The molecule has 3 heteroatoms. The minimum Gasteiger partial charge on any atom is -0.374 e. The summed E-state index contributed by atoms with van der Waals surface area (Å²) >= 11 is 0. The van der Waals surface area contributed by atoms with Gasteiger partial charge in [-0.1, -0.05) is 26.7 Å². The summed E-state index contributed by atoms with van der Waals surface area (Å²) in [7, 11) is 0. The molecule has 1 unspecified atom stereocenters. The maximum absolute atomic E-state index is 5.76. The number of morpholine rings is 1. The summed E-state index contributed by atoms with van der Waals surface area (Å²) < 4.78 is 5.76. The van der Waals surface area contributed by atoms with E-state index >= 15 is 0 Å². The molecule has 0 bridgehead atoms. The van der Waals surface area contributed by atoms with Gasteiger partial charge in [0, 0.05) is 19.6 Å². The van der Waals surface area contributed by atoms with Crippen molar-refractivity contribution in [1.29, 1.82) is 0 Å². The third-order valence-electron chi connectivity index (χ3n) is 3.12. The molecule has 0 spiro atoms. The second kappa shape index (κ2) is 8.97. The predicted octanol–water partition coefficient (Wildman–Crippen LogP) is 1.88. The molecular formula is C13H28N2O. The number of nitrogens with one attached hydrogen (secondary N) is 1. The van der Waals surface area contributed by atoms with Crippen LogP contribution in [0.3, 0.4) is 0 Å². The lowest BCUT2D eigenvalue weighted by Gasteiger charge is -2.30. The standard InChI is InChI=1S/C13H28N2O/c1-3-5-8-15(9-6-4-2)12-13-11-14-7-10-16-13/h13-14H,3-12H2,1-2H3. The molecular weight excluding hydrogens is 200 g/mol. The Hall–Kier alpha value is -0.120. The van der Waals surface area contributed by atoms with Crippen molar-refractivity contribution in [2.75, 3.05) is 39.3 Å². The van der Waals surface area contributed by atoms with Gasteiger partial charge in [0.2, 0.25) is 0 Å². The molecule has 0 amide bonds. The summed E-state index contributed by atoms with van der Waals surface area (Å²) in [5.74, 6) is 0. The molecule has 1 aliphatic rings. The van der Waals surface area contributed by atoms with Gasteiger partial charge in [-0.25, -0.2) is 0 Å². The van der Waals surface area contributed by atoms with Gasteiger partial charge in [-0.2, -0.15) is 0 Å². The van der Waals surface area contributed by atoms with Gasteiger partial charge in [0.25, 0.3) is 0 Å². The normalized spacial score (nSPS) is 21.6. The summed E-state index contributed by atoms with van der Waals surface area (Å²) in [6.45, 7) is 11.0. The lowest BCUT2D eigenvalue weighted by atomic mass is 10.2. The first-order chi connectivity index (χ1) is 7.86. The zero-order valence-corrected chi connectivity index (χ0v) is 11.0. The van der Waals surface area contributed by atoms with Gasteiger partial charge in [0.05, 0.1) is 12.7 Å². The van der Waals surface area contributed by atoms with Crippen LogP contribution < -0.4 is 5.32 Å². The van der Waals surface area contributed by atoms with E-state index in [0.717, 1.165) is 26.2 Å². The van der Waals surface area contributed by atoms with E-state index in [1.165, 1.54) is 38.8 Å². The van der Waals surface area contributed by atoms with E-state index in [2.05, 4.69) is 24.1 Å². The Morgan fingerprint density at radius 3 is 2.38 bits per heavy atom. The number of unbranched alkanes of at least 4 members (excludes halogenated alkanes) is 2. The molecule has 3 nitrogen and oxygen atoms in total. The smallest absolute Gasteiger partial charge is 0.0826 e. The fourth-order valence-corrected chi connectivity index (χ4v) is 2.08.